The van der Waals surface area contributed by atoms with Gasteiger partial charge in [-0.2, -0.15) is 13.2 Å². The molecule has 0 aliphatic carbocycles. The van der Waals surface area contributed by atoms with Crippen LogP contribution in [0.25, 0.3) is 0 Å². The predicted octanol–water partition coefficient (Wildman–Crippen LogP) is 3.96. The van der Waals surface area contributed by atoms with Crippen LogP contribution in [0.1, 0.15) is 42.6 Å². The molecule has 0 radical (unpaired) electrons. The second kappa shape index (κ2) is 7.93. The lowest BCUT2D eigenvalue weighted by atomic mass is 9.83. The van der Waals surface area contributed by atoms with Crippen molar-refractivity contribution in [1.29, 1.82) is 0 Å². The first-order chi connectivity index (χ1) is 13.5. The van der Waals surface area contributed by atoms with Crippen molar-refractivity contribution in [2.24, 2.45) is 0 Å². The number of likely N-dealkylation sites (tertiary alicyclic amines) is 1. The molecular weight excluding hydrogens is 390 g/mol. The van der Waals surface area contributed by atoms with E-state index in [1.54, 1.807) is 6.92 Å². The average Bonchev–Trinajstić information content (AvgIpc) is 2.69. The fraction of sp³-hybridized carbons (Fsp3) is 0.429. The van der Waals surface area contributed by atoms with Gasteiger partial charge in [0.15, 0.2) is 11.6 Å². The molecule has 1 aliphatic rings. The van der Waals surface area contributed by atoms with Crippen LogP contribution in [0.15, 0.2) is 42.5 Å². The van der Waals surface area contributed by atoms with Gasteiger partial charge in [-0.1, -0.05) is 18.2 Å². The van der Waals surface area contributed by atoms with Gasteiger partial charge < -0.3 is 15.3 Å². The molecule has 1 aliphatic heterocycles. The Bertz CT molecular complexity index is 846. The molecule has 8 heteroatoms. The zero-order chi connectivity index (χ0) is 21.4. The van der Waals surface area contributed by atoms with Gasteiger partial charge in [-0.05, 0) is 55.2 Å². The van der Waals surface area contributed by atoms with E-state index in [4.69, 9.17) is 0 Å². The molecule has 0 bridgehead atoms. The second-order valence-corrected chi connectivity index (χ2v) is 7.54. The van der Waals surface area contributed by atoms with E-state index in [0.29, 0.717) is 37.1 Å². The van der Waals surface area contributed by atoms with E-state index in [2.05, 4.69) is 0 Å². The first-order valence-corrected chi connectivity index (χ1v) is 9.32. The number of rotatable bonds is 4. The molecule has 1 saturated heterocycles. The van der Waals surface area contributed by atoms with E-state index < -0.39 is 35.0 Å². The predicted molar refractivity (Wildman–Crippen MR) is 98.6 cm³/mol. The van der Waals surface area contributed by atoms with Gasteiger partial charge in [-0.15, -0.1) is 0 Å². The molecular formula is C21H23F4NO3. The first-order valence-electron chi connectivity index (χ1n) is 9.32. The molecule has 4 nitrogen and oxygen atoms in total. The van der Waals surface area contributed by atoms with Gasteiger partial charge in [0, 0.05) is 19.1 Å². The van der Waals surface area contributed by atoms with E-state index in [9.17, 15) is 32.9 Å². The van der Waals surface area contributed by atoms with Gasteiger partial charge in [0.25, 0.3) is 0 Å². The molecule has 158 valence electrons. The molecule has 0 aromatic heterocycles. The number of benzene rings is 2. The Kier molecular flexibility index (Phi) is 5.89. The van der Waals surface area contributed by atoms with Crippen molar-refractivity contribution in [2.45, 2.75) is 43.7 Å². The maximum Gasteiger partial charge on any atom is 0.416 e. The van der Waals surface area contributed by atoms with Crippen molar-refractivity contribution >= 4 is 0 Å². The number of aliphatic hydroxyl groups is 2. The van der Waals surface area contributed by atoms with Crippen molar-refractivity contribution < 1.29 is 32.9 Å². The highest BCUT2D eigenvalue weighted by Gasteiger charge is 2.37. The Morgan fingerprint density at radius 1 is 1.03 bits per heavy atom. The van der Waals surface area contributed by atoms with Gasteiger partial charge in [0.05, 0.1) is 17.3 Å². The topological polar surface area (TPSA) is 63.9 Å². The molecule has 3 N–H and O–H groups in total. The number of hydrogen-bond donors (Lipinski definition) is 3. The van der Waals surface area contributed by atoms with Crippen molar-refractivity contribution in [3.63, 3.8) is 0 Å². The Morgan fingerprint density at radius 3 is 2.14 bits per heavy atom. The van der Waals surface area contributed by atoms with Crippen LogP contribution in [0.5, 0.6) is 5.75 Å². The minimum Gasteiger partial charge on any atom is -0.505 e. The zero-order valence-corrected chi connectivity index (χ0v) is 15.8. The van der Waals surface area contributed by atoms with Crippen LogP contribution in [-0.4, -0.2) is 39.4 Å². The molecule has 2 atom stereocenters. The monoisotopic (exact) mass is 413 g/mol. The van der Waals surface area contributed by atoms with Crippen molar-refractivity contribution in [3.05, 3.63) is 65.0 Å². The fourth-order valence-electron chi connectivity index (χ4n) is 3.74. The lowest BCUT2D eigenvalue weighted by Crippen LogP contribution is -2.47. The second-order valence-electron chi connectivity index (χ2n) is 7.54. The van der Waals surface area contributed by atoms with Gasteiger partial charge in [0.2, 0.25) is 0 Å². The molecule has 1 fully saturated rings. The van der Waals surface area contributed by atoms with E-state index in [0.717, 1.165) is 18.2 Å². The highest BCUT2D eigenvalue weighted by molar-refractivity contribution is 5.31. The lowest BCUT2D eigenvalue weighted by molar-refractivity contribution is -0.137. The number of aliphatic hydroxyl groups excluding tert-OH is 1. The third-order valence-electron chi connectivity index (χ3n) is 5.72. The Balaban J connectivity index is 1.66. The molecule has 0 spiro atoms. The highest BCUT2D eigenvalue weighted by Crippen LogP contribution is 2.37. The summed E-state index contributed by atoms with van der Waals surface area (Å²) in [5, 5.41) is 30.7. The Hall–Kier alpha value is -2.16. The lowest BCUT2D eigenvalue weighted by Gasteiger charge is -2.42. The van der Waals surface area contributed by atoms with Crippen molar-refractivity contribution in [1.82, 2.24) is 4.90 Å². The Labute approximate surface area is 166 Å². The summed E-state index contributed by atoms with van der Waals surface area (Å²) in [6, 6.07) is 7.86. The number of alkyl halides is 3. The normalized spacial score (nSPS) is 19.7. The van der Waals surface area contributed by atoms with Gasteiger partial charge in [0.1, 0.15) is 0 Å². The summed E-state index contributed by atoms with van der Waals surface area (Å²) in [5.74, 6) is -1.31. The summed E-state index contributed by atoms with van der Waals surface area (Å²) < 4.78 is 51.7. The van der Waals surface area contributed by atoms with Gasteiger partial charge >= 0.3 is 6.18 Å². The van der Waals surface area contributed by atoms with Gasteiger partial charge in [-0.3, -0.25) is 4.90 Å². The van der Waals surface area contributed by atoms with Crippen LogP contribution in [-0.2, 0) is 11.8 Å². The van der Waals surface area contributed by atoms with E-state index in [1.807, 2.05) is 4.90 Å². The number of phenolic OH excluding ortho intramolecular Hbond substituents is 1. The number of nitrogens with zero attached hydrogens (tertiary/aromatic N) is 1. The average molecular weight is 413 g/mol. The minimum absolute atomic E-state index is 0.291. The molecule has 1 heterocycles. The Morgan fingerprint density at radius 2 is 1.62 bits per heavy atom. The quantitative estimate of drug-likeness (QED) is 0.664. The third kappa shape index (κ3) is 4.55. The molecule has 3 rings (SSSR count). The summed E-state index contributed by atoms with van der Waals surface area (Å²) in [5.41, 5.74) is -1.24. The summed E-state index contributed by atoms with van der Waals surface area (Å²) in [7, 11) is 0. The molecule has 0 amide bonds. The smallest absolute Gasteiger partial charge is 0.416 e. The number of piperidine rings is 1. The molecule has 2 unspecified atom stereocenters. The minimum atomic E-state index is -4.43. The SMILES string of the molecule is CC(C(O)c1ccc(O)c(F)c1)N1CCC(O)(c2ccc(C(F)(F)F)cc2)CC1. The van der Waals surface area contributed by atoms with Crippen LogP contribution < -0.4 is 0 Å². The summed E-state index contributed by atoms with van der Waals surface area (Å²) in [4.78, 5) is 1.94. The van der Waals surface area contributed by atoms with Crippen molar-refractivity contribution in [3.8, 4) is 5.75 Å². The zero-order valence-electron chi connectivity index (χ0n) is 15.8. The van der Waals surface area contributed by atoms with Crippen molar-refractivity contribution in [2.75, 3.05) is 13.1 Å². The standard InChI is InChI=1S/C21H23F4NO3/c1-13(19(28)14-2-7-18(27)17(22)12-14)26-10-8-20(29,9-11-26)15-3-5-16(6-4-15)21(23,24)25/h2-7,12-13,19,27-29H,8-11H2,1H3. The van der Waals surface area contributed by atoms with E-state index in [-0.39, 0.29) is 6.04 Å². The van der Waals surface area contributed by atoms with Crippen LogP contribution in [0.4, 0.5) is 17.6 Å². The molecule has 29 heavy (non-hydrogen) atoms. The van der Waals surface area contributed by atoms with Crippen LogP contribution >= 0.6 is 0 Å². The maximum absolute atomic E-state index is 13.6. The molecule has 2 aromatic carbocycles. The number of hydrogen-bond acceptors (Lipinski definition) is 4. The van der Waals surface area contributed by atoms with Gasteiger partial charge in [-0.25, -0.2) is 4.39 Å². The molecule has 2 aromatic rings. The van der Waals surface area contributed by atoms with Crippen LogP contribution in [0.3, 0.4) is 0 Å². The summed E-state index contributed by atoms with van der Waals surface area (Å²) >= 11 is 0. The number of halogens is 4. The summed E-state index contributed by atoms with van der Waals surface area (Å²) in [6.07, 6.45) is -4.84. The first kappa shape index (κ1) is 21.5. The van der Waals surface area contributed by atoms with Crippen LogP contribution in [0, 0.1) is 5.82 Å². The largest absolute Gasteiger partial charge is 0.505 e. The number of aromatic hydroxyl groups is 1. The number of phenols is 1. The third-order valence-corrected chi connectivity index (χ3v) is 5.72. The highest BCUT2D eigenvalue weighted by atomic mass is 19.4. The maximum atomic E-state index is 13.6. The van der Waals surface area contributed by atoms with E-state index >= 15 is 0 Å². The fourth-order valence-corrected chi connectivity index (χ4v) is 3.74. The van der Waals surface area contributed by atoms with Crippen LogP contribution in [0.2, 0.25) is 0 Å². The molecule has 0 saturated carbocycles. The summed E-state index contributed by atoms with van der Waals surface area (Å²) in [6.45, 7) is 2.60. The van der Waals surface area contributed by atoms with E-state index in [1.165, 1.54) is 24.3 Å².